The molecule has 0 unspecified atom stereocenters. The highest BCUT2D eigenvalue weighted by atomic mass is 16.5. The first kappa shape index (κ1) is 9.73. The molecule has 84 valence electrons. The van der Waals surface area contributed by atoms with Gasteiger partial charge in [-0.1, -0.05) is 6.07 Å². The molecule has 1 fully saturated rings. The van der Waals surface area contributed by atoms with E-state index < -0.39 is 0 Å². The summed E-state index contributed by atoms with van der Waals surface area (Å²) in [5, 5.41) is 4.47. The number of rotatable bonds is 2. The van der Waals surface area contributed by atoms with E-state index in [0.29, 0.717) is 6.10 Å². The summed E-state index contributed by atoms with van der Waals surface area (Å²) in [6.45, 7) is 4.05. The zero-order valence-corrected chi connectivity index (χ0v) is 9.66. The Balaban J connectivity index is 2.08. The van der Waals surface area contributed by atoms with Crippen molar-refractivity contribution < 1.29 is 4.74 Å². The van der Waals surface area contributed by atoms with Crippen molar-refractivity contribution in [2.75, 3.05) is 13.1 Å². The molecule has 0 aliphatic carbocycles. The maximum Gasteiger partial charge on any atom is 0.129 e. The Hall–Kier alpha value is -1.48. The molecule has 1 aliphatic rings. The van der Waals surface area contributed by atoms with E-state index in [0.717, 1.165) is 18.8 Å². The fraction of sp³-hybridized carbons (Fsp3) is 0.385. The number of ether oxygens (including phenoxy) is 1. The Kier molecular flexibility index (Phi) is 2.14. The smallest absolute Gasteiger partial charge is 0.129 e. The molecule has 0 atom stereocenters. The van der Waals surface area contributed by atoms with E-state index in [9.17, 15) is 0 Å². The number of nitrogens with zero attached hydrogens (tertiary/aromatic N) is 1. The third kappa shape index (κ3) is 1.39. The number of nitrogens with one attached hydrogen (secondary N) is 1. The van der Waals surface area contributed by atoms with Gasteiger partial charge in [-0.25, -0.2) is 0 Å². The molecule has 1 aromatic heterocycles. The third-order valence-corrected chi connectivity index (χ3v) is 3.20. The summed E-state index contributed by atoms with van der Waals surface area (Å²) in [5.74, 6) is 1.02. The lowest BCUT2D eigenvalue weighted by molar-refractivity contribution is 0.144. The van der Waals surface area contributed by atoms with Crippen molar-refractivity contribution in [3.63, 3.8) is 0 Å². The first-order chi connectivity index (χ1) is 7.75. The van der Waals surface area contributed by atoms with Crippen molar-refractivity contribution in [1.29, 1.82) is 0 Å². The van der Waals surface area contributed by atoms with Crippen LogP contribution in [0.5, 0.6) is 5.75 Å². The van der Waals surface area contributed by atoms with E-state index in [1.54, 1.807) is 0 Å². The number of aryl methyl sites for hydroxylation is 2. The average molecular weight is 216 g/mol. The Morgan fingerprint density at radius 2 is 2.19 bits per heavy atom. The van der Waals surface area contributed by atoms with Gasteiger partial charge in [0, 0.05) is 31.7 Å². The van der Waals surface area contributed by atoms with Crippen molar-refractivity contribution in [3.05, 3.63) is 30.0 Å². The summed E-state index contributed by atoms with van der Waals surface area (Å²) in [6, 6.07) is 6.26. The van der Waals surface area contributed by atoms with E-state index in [1.807, 2.05) is 0 Å². The Morgan fingerprint density at radius 1 is 1.38 bits per heavy atom. The van der Waals surface area contributed by atoms with Crippen molar-refractivity contribution in [1.82, 2.24) is 9.88 Å². The van der Waals surface area contributed by atoms with Crippen LogP contribution in [0.25, 0.3) is 10.9 Å². The highest BCUT2D eigenvalue weighted by molar-refractivity contribution is 5.89. The number of fused-ring (bicyclic) bond motifs is 1. The Bertz CT molecular complexity index is 526. The molecular weight excluding hydrogens is 200 g/mol. The highest BCUT2D eigenvalue weighted by Crippen LogP contribution is 2.30. The molecule has 0 bridgehead atoms. The Labute approximate surface area is 95.0 Å². The van der Waals surface area contributed by atoms with E-state index in [2.05, 4.69) is 48.3 Å². The van der Waals surface area contributed by atoms with Crippen molar-refractivity contribution in [2.24, 2.45) is 7.05 Å². The molecule has 0 amide bonds. The van der Waals surface area contributed by atoms with Crippen LogP contribution in [0.3, 0.4) is 0 Å². The standard InChI is InChI=1S/C13H16N2O/c1-9-8-15(2)11-4-3-5-12(13(9)11)16-10-6-14-7-10/h3-5,8,10,14H,6-7H2,1-2H3. The molecule has 1 aliphatic heterocycles. The first-order valence-corrected chi connectivity index (χ1v) is 5.68. The highest BCUT2D eigenvalue weighted by Gasteiger charge is 2.20. The second-order valence-corrected chi connectivity index (χ2v) is 4.47. The monoisotopic (exact) mass is 216 g/mol. The fourth-order valence-electron chi connectivity index (χ4n) is 2.26. The van der Waals surface area contributed by atoms with E-state index in [-0.39, 0.29) is 0 Å². The maximum absolute atomic E-state index is 5.98. The number of hydrogen-bond donors (Lipinski definition) is 1. The maximum atomic E-state index is 5.98. The molecule has 3 nitrogen and oxygen atoms in total. The van der Waals surface area contributed by atoms with Crippen molar-refractivity contribution >= 4 is 10.9 Å². The number of benzene rings is 1. The van der Waals surface area contributed by atoms with Gasteiger partial charge in [-0.2, -0.15) is 0 Å². The van der Waals surface area contributed by atoms with Gasteiger partial charge in [0.25, 0.3) is 0 Å². The first-order valence-electron chi connectivity index (χ1n) is 5.68. The molecule has 2 heterocycles. The summed E-state index contributed by atoms with van der Waals surface area (Å²) >= 11 is 0. The quantitative estimate of drug-likeness (QED) is 0.829. The van der Waals surface area contributed by atoms with Crippen LogP contribution in [0.4, 0.5) is 0 Å². The molecule has 16 heavy (non-hydrogen) atoms. The van der Waals surface area contributed by atoms with Gasteiger partial charge < -0.3 is 14.6 Å². The zero-order valence-electron chi connectivity index (χ0n) is 9.66. The Morgan fingerprint density at radius 3 is 2.88 bits per heavy atom. The van der Waals surface area contributed by atoms with Crippen LogP contribution in [0.2, 0.25) is 0 Å². The summed E-state index contributed by atoms with van der Waals surface area (Å²) < 4.78 is 8.13. The normalized spacial score (nSPS) is 16.4. The van der Waals surface area contributed by atoms with Gasteiger partial charge in [-0.3, -0.25) is 0 Å². The largest absolute Gasteiger partial charge is 0.487 e. The number of hydrogen-bond acceptors (Lipinski definition) is 2. The van der Waals surface area contributed by atoms with Crippen LogP contribution >= 0.6 is 0 Å². The molecule has 1 aromatic carbocycles. The van der Waals surface area contributed by atoms with Gasteiger partial charge in [0.2, 0.25) is 0 Å². The number of aromatic nitrogens is 1. The van der Waals surface area contributed by atoms with Gasteiger partial charge in [-0.15, -0.1) is 0 Å². The van der Waals surface area contributed by atoms with Crippen molar-refractivity contribution in [3.8, 4) is 5.75 Å². The SMILES string of the molecule is Cc1cn(C)c2cccc(OC3CNC3)c12. The molecule has 2 aromatic rings. The second kappa shape index (κ2) is 3.52. The van der Waals surface area contributed by atoms with E-state index >= 15 is 0 Å². The van der Waals surface area contributed by atoms with Crippen LogP contribution in [0, 0.1) is 6.92 Å². The zero-order chi connectivity index (χ0) is 11.1. The van der Waals surface area contributed by atoms with E-state index in [4.69, 9.17) is 4.74 Å². The second-order valence-electron chi connectivity index (χ2n) is 4.47. The third-order valence-electron chi connectivity index (χ3n) is 3.20. The molecule has 1 saturated heterocycles. The van der Waals surface area contributed by atoms with Gasteiger partial charge in [-0.05, 0) is 24.6 Å². The molecular formula is C13H16N2O. The molecule has 0 saturated carbocycles. The van der Waals surface area contributed by atoms with Gasteiger partial charge >= 0.3 is 0 Å². The molecule has 0 spiro atoms. The predicted octanol–water partition coefficient (Wildman–Crippen LogP) is 1.84. The van der Waals surface area contributed by atoms with Gasteiger partial charge in [0.05, 0.1) is 5.52 Å². The summed E-state index contributed by atoms with van der Waals surface area (Å²) in [4.78, 5) is 0. The van der Waals surface area contributed by atoms with E-state index in [1.165, 1.54) is 16.5 Å². The average Bonchev–Trinajstić information content (AvgIpc) is 2.50. The fourth-order valence-corrected chi connectivity index (χ4v) is 2.26. The van der Waals surface area contributed by atoms with Crippen LogP contribution in [-0.2, 0) is 7.05 Å². The lowest BCUT2D eigenvalue weighted by atomic mass is 10.1. The molecule has 3 rings (SSSR count). The molecule has 3 heteroatoms. The van der Waals surface area contributed by atoms with Crippen molar-refractivity contribution in [2.45, 2.75) is 13.0 Å². The minimum absolute atomic E-state index is 0.338. The van der Waals surface area contributed by atoms with Gasteiger partial charge in [0.15, 0.2) is 0 Å². The van der Waals surface area contributed by atoms with Gasteiger partial charge in [0.1, 0.15) is 11.9 Å². The van der Waals surface area contributed by atoms with Crippen LogP contribution in [-0.4, -0.2) is 23.8 Å². The lowest BCUT2D eigenvalue weighted by Crippen LogP contribution is -2.50. The van der Waals surface area contributed by atoms with Crippen LogP contribution in [0.1, 0.15) is 5.56 Å². The molecule has 1 N–H and O–H groups in total. The summed E-state index contributed by atoms with van der Waals surface area (Å²) in [6.07, 6.45) is 2.49. The summed E-state index contributed by atoms with van der Waals surface area (Å²) in [5.41, 5.74) is 2.52. The summed E-state index contributed by atoms with van der Waals surface area (Å²) in [7, 11) is 2.07. The lowest BCUT2D eigenvalue weighted by Gasteiger charge is -2.28. The predicted molar refractivity (Wildman–Crippen MR) is 64.9 cm³/mol. The van der Waals surface area contributed by atoms with Crippen LogP contribution in [0.15, 0.2) is 24.4 Å². The topological polar surface area (TPSA) is 26.2 Å². The molecule has 0 radical (unpaired) electrons. The van der Waals surface area contributed by atoms with Crippen LogP contribution < -0.4 is 10.1 Å². The minimum atomic E-state index is 0.338. The minimum Gasteiger partial charge on any atom is -0.487 e.